The molecule has 1 rings (SSSR count). The van der Waals surface area contributed by atoms with Gasteiger partial charge in [-0.3, -0.25) is 4.79 Å². The quantitative estimate of drug-likeness (QED) is 0.696. The van der Waals surface area contributed by atoms with Crippen molar-refractivity contribution in [1.82, 2.24) is 5.32 Å². The van der Waals surface area contributed by atoms with Gasteiger partial charge in [-0.15, -0.1) is 0 Å². The van der Waals surface area contributed by atoms with Crippen LogP contribution in [0.4, 0.5) is 0 Å². The summed E-state index contributed by atoms with van der Waals surface area (Å²) in [6, 6.07) is 0.209. The minimum atomic E-state index is 0.144. The molecule has 0 spiro atoms. The van der Waals surface area contributed by atoms with Gasteiger partial charge in [-0.05, 0) is 25.2 Å². The van der Waals surface area contributed by atoms with Gasteiger partial charge < -0.3 is 11.1 Å². The third-order valence-electron chi connectivity index (χ3n) is 3.53. The molecule has 3 heteroatoms. The van der Waals surface area contributed by atoms with Crippen LogP contribution in [-0.4, -0.2) is 18.5 Å². The van der Waals surface area contributed by atoms with E-state index in [1.54, 1.807) is 0 Å². The highest BCUT2D eigenvalue weighted by Crippen LogP contribution is 2.28. The second-order valence-electron chi connectivity index (χ2n) is 4.70. The maximum Gasteiger partial charge on any atom is 0.223 e. The van der Waals surface area contributed by atoms with Crippen molar-refractivity contribution in [3.63, 3.8) is 0 Å². The van der Waals surface area contributed by atoms with Gasteiger partial charge in [0.05, 0.1) is 0 Å². The Bertz CT molecular complexity index is 206. The zero-order valence-corrected chi connectivity index (χ0v) is 9.96. The summed E-state index contributed by atoms with van der Waals surface area (Å²) >= 11 is 0. The zero-order chi connectivity index (χ0) is 11.3. The van der Waals surface area contributed by atoms with E-state index in [-0.39, 0.29) is 17.9 Å². The number of hydrogen-bond donors (Lipinski definition) is 2. The lowest BCUT2D eigenvalue weighted by Gasteiger charge is -2.32. The summed E-state index contributed by atoms with van der Waals surface area (Å²) in [5.74, 6) is 0.692. The third kappa shape index (κ3) is 3.49. The fourth-order valence-corrected chi connectivity index (χ4v) is 2.29. The molecule has 3 nitrogen and oxygen atoms in total. The van der Waals surface area contributed by atoms with E-state index in [0.717, 1.165) is 38.6 Å². The highest BCUT2D eigenvalue weighted by Gasteiger charge is 2.32. The number of amides is 1. The van der Waals surface area contributed by atoms with Crippen molar-refractivity contribution in [2.75, 3.05) is 6.54 Å². The van der Waals surface area contributed by atoms with Gasteiger partial charge in [-0.1, -0.05) is 26.7 Å². The fourth-order valence-electron chi connectivity index (χ4n) is 2.29. The molecule has 1 fully saturated rings. The molecule has 0 aromatic rings. The summed E-state index contributed by atoms with van der Waals surface area (Å²) in [5, 5.41) is 3.01. The van der Waals surface area contributed by atoms with E-state index < -0.39 is 0 Å². The van der Waals surface area contributed by atoms with E-state index in [4.69, 9.17) is 5.73 Å². The van der Waals surface area contributed by atoms with Crippen LogP contribution >= 0.6 is 0 Å². The van der Waals surface area contributed by atoms with E-state index in [1.165, 1.54) is 0 Å². The molecule has 0 saturated heterocycles. The smallest absolute Gasteiger partial charge is 0.223 e. The number of carbonyl (C=O) groups excluding carboxylic acids is 1. The lowest BCUT2D eigenvalue weighted by molar-refractivity contribution is -0.127. The van der Waals surface area contributed by atoms with Crippen LogP contribution in [0.15, 0.2) is 0 Å². The Hall–Kier alpha value is -0.570. The van der Waals surface area contributed by atoms with Crippen molar-refractivity contribution >= 4 is 5.91 Å². The van der Waals surface area contributed by atoms with E-state index in [9.17, 15) is 4.79 Å². The first-order valence-corrected chi connectivity index (χ1v) is 6.20. The second-order valence-corrected chi connectivity index (χ2v) is 4.70. The number of rotatable bonds is 4. The molecule has 1 amide bonds. The molecule has 0 aromatic heterocycles. The standard InChI is InChI=1S/C12H24N2O/c1-3-4-8-14-12(15)10-6-5-7-11(13)9(10)2/h9-11H,3-8,13H2,1-2H3,(H,14,15). The minimum absolute atomic E-state index is 0.144. The van der Waals surface area contributed by atoms with Gasteiger partial charge in [0.1, 0.15) is 0 Å². The van der Waals surface area contributed by atoms with Crippen molar-refractivity contribution in [1.29, 1.82) is 0 Å². The van der Waals surface area contributed by atoms with Gasteiger partial charge in [-0.2, -0.15) is 0 Å². The Morgan fingerprint density at radius 3 is 2.87 bits per heavy atom. The molecule has 15 heavy (non-hydrogen) atoms. The molecule has 0 aliphatic heterocycles. The number of nitrogens with one attached hydrogen (secondary N) is 1. The van der Waals surface area contributed by atoms with Crippen LogP contribution in [0.5, 0.6) is 0 Å². The van der Waals surface area contributed by atoms with E-state index in [0.29, 0.717) is 5.92 Å². The molecule has 1 aliphatic carbocycles. The molecule has 1 saturated carbocycles. The third-order valence-corrected chi connectivity index (χ3v) is 3.53. The van der Waals surface area contributed by atoms with Crippen LogP contribution in [0, 0.1) is 11.8 Å². The van der Waals surface area contributed by atoms with Crippen LogP contribution in [0.25, 0.3) is 0 Å². The summed E-state index contributed by atoms with van der Waals surface area (Å²) in [7, 11) is 0. The van der Waals surface area contributed by atoms with Crippen LogP contribution in [0.3, 0.4) is 0 Å². The van der Waals surface area contributed by atoms with Crippen molar-refractivity contribution in [2.45, 2.75) is 52.0 Å². The van der Waals surface area contributed by atoms with Crippen molar-refractivity contribution in [2.24, 2.45) is 17.6 Å². The maximum atomic E-state index is 11.9. The van der Waals surface area contributed by atoms with Crippen LogP contribution in [-0.2, 0) is 4.79 Å². The molecule has 0 bridgehead atoms. The lowest BCUT2D eigenvalue weighted by atomic mass is 9.77. The summed E-state index contributed by atoms with van der Waals surface area (Å²) in [5.41, 5.74) is 5.98. The zero-order valence-electron chi connectivity index (χ0n) is 9.96. The average molecular weight is 212 g/mol. The Kier molecular flexibility index (Phi) is 5.09. The van der Waals surface area contributed by atoms with E-state index in [2.05, 4.69) is 19.2 Å². The van der Waals surface area contributed by atoms with Gasteiger partial charge in [0.2, 0.25) is 5.91 Å². The van der Waals surface area contributed by atoms with Gasteiger partial charge >= 0.3 is 0 Å². The lowest BCUT2D eigenvalue weighted by Crippen LogP contribution is -2.44. The molecule has 3 atom stereocenters. The molecule has 0 aromatic carbocycles. The molecule has 3 unspecified atom stereocenters. The molecular weight excluding hydrogens is 188 g/mol. The normalized spacial score (nSPS) is 31.3. The monoisotopic (exact) mass is 212 g/mol. The molecule has 3 N–H and O–H groups in total. The highest BCUT2D eigenvalue weighted by molar-refractivity contribution is 5.79. The van der Waals surface area contributed by atoms with E-state index in [1.807, 2.05) is 0 Å². The Labute approximate surface area is 92.8 Å². The minimum Gasteiger partial charge on any atom is -0.356 e. The van der Waals surface area contributed by atoms with Crippen molar-refractivity contribution in [3.8, 4) is 0 Å². The van der Waals surface area contributed by atoms with Crippen LogP contribution in [0.1, 0.15) is 46.0 Å². The SMILES string of the molecule is CCCCNC(=O)C1CCCC(N)C1C. The van der Waals surface area contributed by atoms with Crippen molar-refractivity contribution < 1.29 is 4.79 Å². The predicted molar refractivity (Wildman–Crippen MR) is 62.4 cm³/mol. The van der Waals surface area contributed by atoms with Crippen LogP contribution in [0.2, 0.25) is 0 Å². The van der Waals surface area contributed by atoms with Gasteiger partial charge in [0, 0.05) is 18.5 Å². The molecular formula is C12H24N2O. The molecule has 1 aliphatic rings. The van der Waals surface area contributed by atoms with Gasteiger partial charge in [0.15, 0.2) is 0 Å². The first kappa shape index (κ1) is 12.5. The maximum absolute atomic E-state index is 11.9. The first-order chi connectivity index (χ1) is 7.16. The number of hydrogen-bond acceptors (Lipinski definition) is 2. The molecule has 88 valence electrons. The molecule has 0 heterocycles. The van der Waals surface area contributed by atoms with Gasteiger partial charge in [0.25, 0.3) is 0 Å². The first-order valence-electron chi connectivity index (χ1n) is 6.20. The Morgan fingerprint density at radius 1 is 1.47 bits per heavy atom. The summed E-state index contributed by atoms with van der Waals surface area (Å²) in [6.45, 7) is 5.05. The number of unbranched alkanes of at least 4 members (excludes halogenated alkanes) is 1. The largest absolute Gasteiger partial charge is 0.356 e. The number of nitrogens with two attached hydrogens (primary N) is 1. The average Bonchev–Trinajstić information content (AvgIpc) is 2.22. The van der Waals surface area contributed by atoms with Gasteiger partial charge in [-0.25, -0.2) is 0 Å². The molecule has 0 radical (unpaired) electrons. The number of carbonyl (C=O) groups is 1. The Balaban J connectivity index is 2.37. The second kappa shape index (κ2) is 6.11. The topological polar surface area (TPSA) is 55.1 Å². The van der Waals surface area contributed by atoms with Crippen LogP contribution < -0.4 is 11.1 Å². The van der Waals surface area contributed by atoms with E-state index >= 15 is 0 Å². The fraction of sp³-hybridized carbons (Fsp3) is 0.917. The Morgan fingerprint density at radius 2 is 2.20 bits per heavy atom. The summed E-state index contributed by atoms with van der Waals surface area (Å²) in [6.07, 6.45) is 5.36. The predicted octanol–water partition coefficient (Wildman–Crippen LogP) is 1.67. The van der Waals surface area contributed by atoms with Crippen molar-refractivity contribution in [3.05, 3.63) is 0 Å². The summed E-state index contributed by atoms with van der Waals surface area (Å²) in [4.78, 5) is 11.9. The summed E-state index contributed by atoms with van der Waals surface area (Å²) < 4.78 is 0. The highest BCUT2D eigenvalue weighted by atomic mass is 16.1.